The van der Waals surface area contributed by atoms with Crippen molar-refractivity contribution >= 4 is 35.3 Å². The van der Waals surface area contributed by atoms with Crippen LogP contribution in [0.3, 0.4) is 0 Å². The van der Waals surface area contributed by atoms with E-state index in [-0.39, 0.29) is 24.3 Å². The van der Waals surface area contributed by atoms with Crippen molar-refractivity contribution in [1.29, 1.82) is 0 Å². The molecular formula is C15H18BrO6P. The highest BCUT2D eigenvalue weighted by atomic mass is 79.9. The second kappa shape index (κ2) is 7.71. The Morgan fingerprint density at radius 2 is 1.87 bits per heavy atom. The summed E-state index contributed by atoms with van der Waals surface area (Å²) in [6.45, 7) is 3.64. The van der Waals surface area contributed by atoms with Crippen LogP contribution < -0.4 is 4.74 Å². The lowest BCUT2D eigenvalue weighted by atomic mass is 9.92. The first kappa shape index (κ1) is 18.3. The van der Waals surface area contributed by atoms with Crippen molar-refractivity contribution in [1.82, 2.24) is 0 Å². The van der Waals surface area contributed by atoms with Gasteiger partial charge in [0.05, 0.1) is 18.5 Å². The molecule has 0 aliphatic carbocycles. The lowest BCUT2D eigenvalue weighted by Crippen LogP contribution is -2.38. The summed E-state index contributed by atoms with van der Waals surface area (Å²) in [6.07, 6.45) is 0. The summed E-state index contributed by atoms with van der Waals surface area (Å²) in [5.41, 5.74) is -0.526. The van der Waals surface area contributed by atoms with Gasteiger partial charge in [0.2, 0.25) is 0 Å². The third-order valence-corrected chi connectivity index (χ3v) is 6.50. The minimum absolute atomic E-state index is 0.0519. The van der Waals surface area contributed by atoms with Crippen LogP contribution in [0.4, 0.5) is 0 Å². The maximum absolute atomic E-state index is 13.3. The van der Waals surface area contributed by atoms with E-state index < -0.39 is 30.9 Å². The molecule has 0 amide bonds. The number of rotatable bonds is 7. The Labute approximate surface area is 143 Å². The van der Waals surface area contributed by atoms with Crippen molar-refractivity contribution in [3.05, 3.63) is 29.8 Å². The number of carbonyl (C=O) groups excluding carboxylic acids is 2. The van der Waals surface area contributed by atoms with Gasteiger partial charge in [0.1, 0.15) is 17.3 Å². The molecule has 0 aromatic heterocycles. The van der Waals surface area contributed by atoms with E-state index in [1.54, 1.807) is 38.1 Å². The molecule has 0 radical (unpaired) electrons. The van der Waals surface area contributed by atoms with Crippen LogP contribution in [0.15, 0.2) is 24.3 Å². The Bertz CT molecular complexity index is 637. The standard InChI is InChI=1S/C15H18BrO6P/c1-3-20-23(19,21-4-2)14-10-7-5-6-8-12(10)22-15(18)13(14)11(17)9-16/h5-8,13-14H,3-4,9H2,1-2H3/t13-,14+/m0/s1. The van der Waals surface area contributed by atoms with Gasteiger partial charge in [0.15, 0.2) is 5.78 Å². The summed E-state index contributed by atoms with van der Waals surface area (Å²) >= 11 is 3.06. The Kier molecular flexibility index (Phi) is 6.14. The molecule has 0 saturated carbocycles. The topological polar surface area (TPSA) is 78.9 Å². The zero-order chi connectivity index (χ0) is 17.0. The second-order valence-electron chi connectivity index (χ2n) is 4.86. The van der Waals surface area contributed by atoms with Crippen molar-refractivity contribution < 1.29 is 27.9 Å². The average molecular weight is 405 g/mol. The first-order valence-corrected chi connectivity index (χ1v) is 9.99. The number of fused-ring (bicyclic) bond motifs is 1. The molecule has 0 saturated heterocycles. The molecule has 6 nitrogen and oxygen atoms in total. The summed E-state index contributed by atoms with van der Waals surface area (Å²) in [5, 5.41) is -0.0519. The van der Waals surface area contributed by atoms with Crippen LogP contribution in [-0.2, 0) is 23.2 Å². The summed E-state index contributed by atoms with van der Waals surface area (Å²) < 4.78 is 29.3. The molecule has 23 heavy (non-hydrogen) atoms. The number of carbonyl (C=O) groups is 2. The lowest BCUT2D eigenvalue weighted by molar-refractivity contribution is -0.145. The minimum Gasteiger partial charge on any atom is -0.426 e. The maximum Gasteiger partial charge on any atom is 0.339 e. The largest absolute Gasteiger partial charge is 0.426 e. The zero-order valence-corrected chi connectivity index (χ0v) is 15.3. The molecule has 1 heterocycles. The van der Waals surface area contributed by atoms with Crippen LogP contribution in [-0.4, -0.2) is 30.3 Å². The van der Waals surface area contributed by atoms with Gasteiger partial charge in [0, 0.05) is 5.56 Å². The Morgan fingerprint density at radius 1 is 1.26 bits per heavy atom. The van der Waals surface area contributed by atoms with E-state index in [4.69, 9.17) is 13.8 Å². The van der Waals surface area contributed by atoms with Crippen LogP contribution in [0, 0.1) is 5.92 Å². The molecule has 0 unspecified atom stereocenters. The monoisotopic (exact) mass is 404 g/mol. The number of esters is 1. The van der Waals surface area contributed by atoms with E-state index in [0.29, 0.717) is 5.56 Å². The van der Waals surface area contributed by atoms with E-state index in [1.165, 1.54) is 0 Å². The highest BCUT2D eigenvalue weighted by molar-refractivity contribution is 9.09. The van der Waals surface area contributed by atoms with E-state index in [1.807, 2.05) is 0 Å². The summed E-state index contributed by atoms with van der Waals surface area (Å²) in [6, 6.07) is 6.69. The third kappa shape index (κ3) is 3.58. The average Bonchev–Trinajstić information content (AvgIpc) is 2.53. The molecule has 0 bridgehead atoms. The summed E-state index contributed by atoms with van der Waals surface area (Å²) in [5.74, 6) is -2.11. The van der Waals surface area contributed by atoms with Crippen molar-refractivity contribution in [3.8, 4) is 5.75 Å². The van der Waals surface area contributed by atoms with Crippen LogP contribution in [0.25, 0.3) is 0 Å². The fraction of sp³-hybridized carbons (Fsp3) is 0.467. The number of Topliss-reactive ketones (excluding diaryl/α,β-unsaturated/α-hetero) is 1. The van der Waals surface area contributed by atoms with Gasteiger partial charge < -0.3 is 13.8 Å². The first-order valence-electron chi connectivity index (χ1n) is 7.26. The Balaban J connectivity index is 2.62. The molecular weight excluding hydrogens is 387 g/mol. The molecule has 0 fully saturated rings. The Morgan fingerprint density at radius 3 is 2.43 bits per heavy atom. The van der Waals surface area contributed by atoms with Gasteiger partial charge in [-0.05, 0) is 19.9 Å². The first-order chi connectivity index (χ1) is 11.0. The smallest absolute Gasteiger partial charge is 0.339 e. The number of hydrogen-bond donors (Lipinski definition) is 0. The number of benzene rings is 1. The molecule has 1 aromatic rings. The molecule has 126 valence electrons. The number of alkyl halides is 1. The highest BCUT2D eigenvalue weighted by Gasteiger charge is 2.52. The Hall–Kier alpha value is -1.01. The van der Waals surface area contributed by atoms with Crippen molar-refractivity contribution in [2.24, 2.45) is 5.92 Å². The molecule has 2 rings (SSSR count). The third-order valence-electron chi connectivity index (χ3n) is 3.46. The quantitative estimate of drug-likeness (QED) is 0.227. The van der Waals surface area contributed by atoms with E-state index >= 15 is 0 Å². The predicted octanol–water partition coefficient (Wildman–Crippen LogP) is 3.49. The zero-order valence-electron chi connectivity index (χ0n) is 12.9. The predicted molar refractivity (Wildman–Crippen MR) is 88.0 cm³/mol. The van der Waals surface area contributed by atoms with E-state index in [9.17, 15) is 14.2 Å². The molecule has 1 aliphatic rings. The molecule has 1 aliphatic heterocycles. The van der Waals surface area contributed by atoms with Crippen molar-refractivity contribution in [2.45, 2.75) is 19.5 Å². The van der Waals surface area contributed by atoms with Crippen LogP contribution in [0.2, 0.25) is 0 Å². The van der Waals surface area contributed by atoms with Crippen LogP contribution in [0.5, 0.6) is 5.75 Å². The van der Waals surface area contributed by atoms with Gasteiger partial charge in [-0.25, -0.2) is 0 Å². The minimum atomic E-state index is -3.73. The number of ether oxygens (including phenoxy) is 1. The summed E-state index contributed by atoms with van der Waals surface area (Å²) in [7, 11) is -3.73. The lowest BCUT2D eigenvalue weighted by Gasteiger charge is -2.34. The molecule has 0 N–H and O–H groups in total. The number of para-hydroxylation sites is 1. The number of ketones is 1. The van der Waals surface area contributed by atoms with Gasteiger partial charge in [-0.15, -0.1) is 0 Å². The molecule has 2 atom stereocenters. The fourth-order valence-corrected chi connectivity index (χ4v) is 5.27. The van der Waals surface area contributed by atoms with Crippen LogP contribution >= 0.6 is 23.5 Å². The molecule has 0 spiro atoms. The maximum atomic E-state index is 13.3. The van der Waals surface area contributed by atoms with Gasteiger partial charge in [-0.2, -0.15) is 0 Å². The normalized spacial score (nSPS) is 20.7. The number of halogens is 1. The highest BCUT2D eigenvalue weighted by Crippen LogP contribution is 2.66. The molecule has 8 heteroatoms. The second-order valence-corrected chi connectivity index (χ2v) is 7.57. The fourth-order valence-electron chi connectivity index (χ4n) is 2.60. The van der Waals surface area contributed by atoms with Gasteiger partial charge in [-0.3, -0.25) is 14.2 Å². The van der Waals surface area contributed by atoms with Gasteiger partial charge in [0.25, 0.3) is 0 Å². The molecule has 1 aromatic carbocycles. The summed E-state index contributed by atoms with van der Waals surface area (Å²) in [4.78, 5) is 24.6. The van der Waals surface area contributed by atoms with Crippen LogP contribution in [0.1, 0.15) is 25.1 Å². The van der Waals surface area contributed by atoms with Crippen molar-refractivity contribution in [2.75, 3.05) is 18.5 Å². The van der Waals surface area contributed by atoms with Crippen molar-refractivity contribution in [3.63, 3.8) is 0 Å². The van der Waals surface area contributed by atoms with E-state index in [2.05, 4.69) is 15.9 Å². The van der Waals surface area contributed by atoms with Gasteiger partial charge >= 0.3 is 13.6 Å². The van der Waals surface area contributed by atoms with Gasteiger partial charge in [-0.1, -0.05) is 34.1 Å². The number of hydrogen-bond acceptors (Lipinski definition) is 6. The SMILES string of the molecule is CCOP(=O)(OCC)[C@@H]1c2ccccc2OC(=O)[C@H]1C(=O)CBr. The van der Waals surface area contributed by atoms with E-state index in [0.717, 1.165) is 0 Å².